The number of esters is 4. The van der Waals surface area contributed by atoms with Gasteiger partial charge in [-0.25, -0.2) is 9.13 Å². The smallest absolute Gasteiger partial charge is 0.462 e. The lowest BCUT2D eigenvalue weighted by atomic mass is 10.1. The average molecular weight is 1570 g/mol. The molecule has 0 aromatic rings. The number of carbonyl (C=O) groups excluding carboxylic acids is 4. The molecule has 0 saturated heterocycles. The van der Waals surface area contributed by atoms with Crippen molar-refractivity contribution in [1.82, 2.24) is 0 Å². The molecule has 0 rings (SSSR count). The zero-order chi connectivity index (χ0) is 80.3. The van der Waals surface area contributed by atoms with Gasteiger partial charge in [0.25, 0.3) is 0 Å². The van der Waals surface area contributed by atoms with E-state index < -0.39 is 97.5 Å². The molecule has 0 amide bonds. The number of hydrogen-bond donors (Lipinski definition) is 3. The number of aliphatic hydroxyl groups excluding tert-OH is 1. The first kappa shape index (κ1) is 103. The maximum absolute atomic E-state index is 13.1. The predicted octanol–water partition coefficient (Wildman–Crippen LogP) is 24.4. The third-order valence-electron chi connectivity index (χ3n) is 15.9. The van der Waals surface area contributed by atoms with E-state index in [1.165, 1.54) is 19.3 Å². The number of aliphatic hydroxyl groups is 1. The third-order valence-corrected chi connectivity index (χ3v) is 17.8. The van der Waals surface area contributed by atoms with Crippen LogP contribution in [0.25, 0.3) is 0 Å². The SMILES string of the molecule is CC/C=C\C/C=C\C/C=C\C/C=C\C/C=C\C/C=C\CCC(=O)OCC(COP(=O)(O)OCC(O)COP(=O)(O)OCC(COC(=O)CCCCC/C=C\C/C=C\C/C=C\C/C=C\C/C=C\CC)OC(=O)CCCCCCC/C=C\C/C=C\CCCCC)OC(=O)CCC/C=C\C/C=C\C/C=C\C/C=C\C/C=C\CC. The fraction of sp³-hybridized carbons (Fsp3) is 0.560. The van der Waals surface area contributed by atoms with E-state index in [1.54, 1.807) is 0 Å². The quantitative estimate of drug-likeness (QED) is 0.0169. The summed E-state index contributed by atoms with van der Waals surface area (Å²) >= 11 is 0. The molecule has 3 N–H and O–H groups in total. The molecule has 0 aromatic heterocycles. The van der Waals surface area contributed by atoms with Crippen LogP contribution in [-0.2, 0) is 65.4 Å². The zero-order valence-electron chi connectivity index (χ0n) is 67.6. The Balaban J connectivity index is 5.56. The lowest BCUT2D eigenvalue weighted by Crippen LogP contribution is -2.30. The van der Waals surface area contributed by atoms with E-state index in [2.05, 4.69) is 216 Å². The van der Waals surface area contributed by atoms with Gasteiger partial charge in [0.1, 0.15) is 19.3 Å². The monoisotopic (exact) mass is 1570 g/mol. The summed E-state index contributed by atoms with van der Waals surface area (Å²) in [6, 6.07) is 0. The van der Waals surface area contributed by atoms with Crippen molar-refractivity contribution in [1.29, 1.82) is 0 Å². The number of hydrogen-bond acceptors (Lipinski definition) is 15. The molecule has 0 spiro atoms. The lowest BCUT2D eigenvalue weighted by molar-refractivity contribution is -0.161. The molecule has 0 aliphatic rings. The van der Waals surface area contributed by atoms with Crippen LogP contribution in [0.1, 0.15) is 272 Å². The van der Waals surface area contributed by atoms with Gasteiger partial charge in [0.2, 0.25) is 0 Å². The van der Waals surface area contributed by atoms with E-state index >= 15 is 0 Å². The molecule has 110 heavy (non-hydrogen) atoms. The van der Waals surface area contributed by atoms with E-state index in [1.807, 2.05) is 30.4 Å². The largest absolute Gasteiger partial charge is 0.472 e. The van der Waals surface area contributed by atoms with E-state index in [0.29, 0.717) is 38.5 Å². The molecule has 19 heteroatoms. The number of carbonyl (C=O) groups is 4. The molecule has 5 atom stereocenters. The van der Waals surface area contributed by atoms with Crippen LogP contribution in [0.15, 0.2) is 219 Å². The van der Waals surface area contributed by atoms with Gasteiger partial charge in [0, 0.05) is 25.7 Å². The summed E-state index contributed by atoms with van der Waals surface area (Å²) in [5.74, 6) is -2.42. The van der Waals surface area contributed by atoms with Gasteiger partial charge in [0.05, 0.1) is 26.4 Å². The molecule has 0 aliphatic carbocycles. The van der Waals surface area contributed by atoms with Crippen molar-refractivity contribution in [2.75, 3.05) is 39.6 Å². The Labute approximate surface area is 664 Å². The Morgan fingerprint density at radius 3 is 0.827 bits per heavy atom. The standard InChI is InChI=1S/C91H142O17P2/c1-5-9-13-17-21-25-29-33-37-40-42-45-48-51-55-59-63-67-71-75-88(93)101-81-86(107-90(95)77-73-69-65-61-57-53-47-36-32-28-24-20-16-12-8-4)83-105-109(97,98)103-79-85(92)80-104-110(99,100)106-84-87(108-91(96)78-74-70-66-62-58-54-50-44-39-35-31-27-23-19-15-11-7-3)82-102-89(94)76-72-68-64-60-56-52-49-46-43-41-38-34-30-26-22-18-14-10-6-2/h9-11,13-15,21-28,33-39,42-43,45-47,50-52,54-56,62,64,66,68,85-87,92H,5-8,12,16-20,29-32,40-41,44,48-49,53,57-61,63,65,67,69-84H2,1-4H3,(H,97,98)(H,99,100)/b13-9-,14-10-,15-11-,25-21-,26-22-,27-23-,28-24-,37-33-,38-34-,39-35-,45-42-,46-43-,47-36-,54-50-,55-51-,56-52-,66-62-,68-64-. The molecule has 0 bridgehead atoms. The van der Waals surface area contributed by atoms with Crippen LogP contribution in [0.4, 0.5) is 0 Å². The van der Waals surface area contributed by atoms with Crippen LogP contribution in [0.2, 0.25) is 0 Å². The minimum absolute atomic E-state index is 0.0100. The van der Waals surface area contributed by atoms with Crippen molar-refractivity contribution < 1.29 is 80.2 Å². The number of phosphoric acid groups is 2. The molecule has 5 unspecified atom stereocenters. The van der Waals surface area contributed by atoms with Gasteiger partial charge >= 0.3 is 39.5 Å². The molecule has 0 aliphatic heterocycles. The first-order valence-corrected chi connectivity index (χ1v) is 44.0. The molecule has 0 radical (unpaired) electrons. The maximum atomic E-state index is 13.1. The first-order valence-electron chi connectivity index (χ1n) is 41.0. The maximum Gasteiger partial charge on any atom is 0.472 e. The normalized spacial score (nSPS) is 14.9. The van der Waals surface area contributed by atoms with Crippen LogP contribution in [0, 0.1) is 0 Å². The zero-order valence-corrected chi connectivity index (χ0v) is 69.4. The average Bonchev–Trinajstić information content (AvgIpc) is 0.906. The number of unbranched alkanes of at least 4 members (excludes halogenated alkanes) is 12. The third kappa shape index (κ3) is 79.5. The number of ether oxygens (including phenoxy) is 4. The summed E-state index contributed by atoms with van der Waals surface area (Å²) in [7, 11) is -10.0. The van der Waals surface area contributed by atoms with Crippen molar-refractivity contribution in [2.24, 2.45) is 0 Å². The first-order chi connectivity index (χ1) is 53.7. The second-order valence-corrected chi connectivity index (χ2v) is 29.1. The summed E-state index contributed by atoms with van der Waals surface area (Å²) in [5.41, 5.74) is 0. The van der Waals surface area contributed by atoms with Crippen molar-refractivity contribution in [2.45, 2.75) is 290 Å². The van der Waals surface area contributed by atoms with E-state index in [-0.39, 0.29) is 25.7 Å². The second-order valence-electron chi connectivity index (χ2n) is 26.2. The molecule has 618 valence electrons. The van der Waals surface area contributed by atoms with Crippen LogP contribution >= 0.6 is 15.6 Å². The van der Waals surface area contributed by atoms with E-state index in [4.69, 9.17) is 37.0 Å². The highest BCUT2D eigenvalue weighted by Gasteiger charge is 2.30. The molecular weight excluding hydrogens is 1430 g/mol. The molecule has 0 fully saturated rings. The van der Waals surface area contributed by atoms with Gasteiger partial charge in [-0.1, -0.05) is 285 Å². The van der Waals surface area contributed by atoms with Crippen molar-refractivity contribution >= 4 is 39.5 Å². The molecular formula is C91H142O17P2. The van der Waals surface area contributed by atoms with Crippen LogP contribution in [0.3, 0.4) is 0 Å². The Hall–Kier alpha value is -6.62. The summed E-state index contributed by atoms with van der Waals surface area (Å²) in [4.78, 5) is 73.1. The highest BCUT2D eigenvalue weighted by molar-refractivity contribution is 7.47. The summed E-state index contributed by atoms with van der Waals surface area (Å²) in [6.45, 7) is 4.27. The molecule has 0 heterocycles. The summed E-state index contributed by atoms with van der Waals surface area (Å²) < 4.78 is 68.5. The fourth-order valence-corrected chi connectivity index (χ4v) is 11.4. The van der Waals surface area contributed by atoms with Gasteiger partial charge < -0.3 is 33.8 Å². The second kappa shape index (κ2) is 80.4. The van der Waals surface area contributed by atoms with Crippen LogP contribution < -0.4 is 0 Å². The van der Waals surface area contributed by atoms with Gasteiger partial charge in [-0.15, -0.1) is 0 Å². The number of rotatable bonds is 74. The predicted molar refractivity (Wildman–Crippen MR) is 454 cm³/mol. The van der Waals surface area contributed by atoms with Gasteiger partial charge in [-0.2, -0.15) is 0 Å². The Kier molecular flexibility index (Phi) is 75.6. The summed E-state index contributed by atoms with van der Waals surface area (Å²) in [6.07, 6.45) is 102. The molecule has 0 aromatic carbocycles. The number of allylic oxidation sites excluding steroid dienone is 36. The highest BCUT2D eigenvalue weighted by atomic mass is 31.2. The van der Waals surface area contributed by atoms with E-state index in [9.17, 15) is 43.2 Å². The Morgan fingerprint density at radius 1 is 0.264 bits per heavy atom. The lowest BCUT2D eigenvalue weighted by Gasteiger charge is -2.21. The molecule has 0 saturated carbocycles. The topological polar surface area (TPSA) is 237 Å². The minimum Gasteiger partial charge on any atom is -0.462 e. The van der Waals surface area contributed by atoms with Crippen LogP contribution in [-0.4, -0.2) is 96.7 Å². The highest BCUT2D eigenvalue weighted by Crippen LogP contribution is 2.45. The van der Waals surface area contributed by atoms with Gasteiger partial charge in [-0.05, 0) is 180 Å². The van der Waals surface area contributed by atoms with Gasteiger partial charge in [0.15, 0.2) is 12.2 Å². The van der Waals surface area contributed by atoms with E-state index in [0.717, 1.165) is 161 Å². The van der Waals surface area contributed by atoms with Crippen molar-refractivity contribution in [3.05, 3.63) is 219 Å². The van der Waals surface area contributed by atoms with Crippen molar-refractivity contribution in [3.8, 4) is 0 Å². The van der Waals surface area contributed by atoms with Gasteiger partial charge in [-0.3, -0.25) is 37.3 Å². The Morgan fingerprint density at radius 2 is 0.500 bits per heavy atom. The molecule has 17 nitrogen and oxygen atoms in total. The van der Waals surface area contributed by atoms with Crippen molar-refractivity contribution in [3.63, 3.8) is 0 Å². The van der Waals surface area contributed by atoms with Crippen LogP contribution in [0.5, 0.6) is 0 Å². The minimum atomic E-state index is -5.03. The fourth-order valence-electron chi connectivity index (χ4n) is 9.81. The number of phosphoric ester groups is 2. The Bertz CT molecular complexity index is 2950. The summed E-state index contributed by atoms with van der Waals surface area (Å²) in [5, 5.41) is 10.7.